The predicted octanol–water partition coefficient (Wildman–Crippen LogP) is 1.51. The van der Waals surface area contributed by atoms with E-state index in [1.54, 1.807) is 32.0 Å². The van der Waals surface area contributed by atoms with Crippen LogP contribution < -0.4 is 10.6 Å². The van der Waals surface area contributed by atoms with Gasteiger partial charge in [-0.05, 0) is 31.2 Å². The van der Waals surface area contributed by atoms with Crippen LogP contribution in [0.5, 0.6) is 0 Å². The van der Waals surface area contributed by atoms with Crippen molar-refractivity contribution < 1.29 is 14.3 Å². The molecule has 0 unspecified atom stereocenters. The van der Waals surface area contributed by atoms with Crippen molar-refractivity contribution in [2.24, 2.45) is 0 Å². The number of ether oxygens (including phenoxy) is 1. The molecule has 1 aromatic heterocycles. The second-order valence-corrected chi connectivity index (χ2v) is 6.02. The molecule has 0 bridgehead atoms. The molecular formula is C16H17ClN6O3. The number of esters is 1. The number of tetrazole rings is 1. The standard InChI is InChI=1S/C16H17ClN6O3/c1-3-26-15(24)13-9(2)18-16(25)19-12(13)8-23-21-14(20-22-23)10-5-4-6-11(17)7-10/h4-7,9H,3,8H2,1-2H3,(H2,18,19,25)/t9-/m0/s1. The van der Waals surface area contributed by atoms with E-state index in [0.29, 0.717) is 27.7 Å². The molecule has 2 heterocycles. The number of hydrogen-bond donors (Lipinski definition) is 2. The molecule has 0 saturated carbocycles. The Balaban J connectivity index is 1.89. The first-order valence-electron chi connectivity index (χ1n) is 7.99. The average molecular weight is 377 g/mol. The minimum atomic E-state index is -0.502. The van der Waals surface area contributed by atoms with Gasteiger partial charge in [-0.15, -0.1) is 10.2 Å². The summed E-state index contributed by atoms with van der Waals surface area (Å²) in [6.45, 7) is 3.72. The maximum Gasteiger partial charge on any atom is 0.337 e. The Morgan fingerprint density at radius 2 is 2.23 bits per heavy atom. The summed E-state index contributed by atoms with van der Waals surface area (Å²) in [6, 6.07) is 6.17. The molecule has 0 fully saturated rings. The van der Waals surface area contributed by atoms with Crippen molar-refractivity contribution in [2.75, 3.05) is 6.61 Å². The van der Waals surface area contributed by atoms with E-state index in [2.05, 4.69) is 26.0 Å². The average Bonchev–Trinajstić information content (AvgIpc) is 3.03. The van der Waals surface area contributed by atoms with Crippen LogP contribution in [0.1, 0.15) is 13.8 Å². The molecule has 1 aromatic carbocycles. The zero-order valence-corrected chi connectivity index (χ0v) is 14.9. The summed E-state index contributed by atoms with van der Waals surface area (Å²) >= 11 is 5.98. The molecule has 2 amide bonds. The van der Waals surface area contributed by atoms with Gasteiger partial charge >= 0.3 is 12.0 Å². The quantitative estimate of drug-likeness (QED) is 0.765. The van der Waals surface area contributed by atoms with Gasteiger partial charge in [0, 0.05) is 10.6 Å². The van der Waals surface area contributed by atoms with Crippen molar-refractivity contribution in [3.05, 3.63) is 40.6 Å². The Morgan fingerprint density at radius 1 is 1.42 bits per heavy atom. The second kappa shape index (κ2) is 7.52. The number of halogens is 1. The molecule has 0 aliphatic carbocycles. The molecule has 1 atom stereocenters. The Kier molecular flexibility index (Phi) is 5.17. The monoisotopic (exact) mass is 376 g/mol. The summed E-state index contributed by atoms with van der Waals surface area (Å²) in [6.07, 6.45) is 0. The van der Waals surface area contributed by atoms with Crippen LogP contribution in [-0.2, 0) is 16.1 Å². The fourth-order valence-electron chi connectivity index (χ4n) is 2.60. The molecule has 0 spiro atoms. The van der Waals surface area contributed by atoms with E-state index in [1.807, 2.05) is 6.07 Å². The van der Waals surface area contributed by atoms with Gasteiger partial charge in [-0.2, -0.15) is 4.80 Å². The minimum Gasteiger partial charge on any atom is -0.463 e. The van der Waals surface area contributed by atoms with Crippen LogP contribution in [-0.4, -0.2) is 44.9 Å². The lowest BCUT2D eigenvalue weighted by molar-refractivity contribution is -0.139. The molecule has 136 valence electrons. The highest BCUT2D eigenvalue weighted by atomic mass is 35.5. The smallest absolute Gasteiger partial charge is 0.337 e. The number of aromatic nitrogens is 4. The Morgan fingerprint density at radius 3 is 2.96 bits per heavy atom. The minimum absolute atomic E-state index is 0.0689. The molecule has 10 heteroatoms. The van der Waals surface area contributed by atoms with Crippen molar-refractivity contribution in [3.8, 4) is 11.4 Å². The highest BCUT2D eigenvalue weighted by Crippen LogP contribution is 2.19. The van der Waals surface area contributed by atoms with E-state index < -0.39 is 18.0 Å². The van der Waals surface area contributed by atoms with Gasteiger partial charge in [0.15, 0.2) is 0 Å². The van der Waals surface area contributed by atoms with E-state index in [4.69, 9.17) is 16.3 Å². The third-order valence-electron chi connectivity index (χ3n) is 3.70. The zero-order valence-electron chi connectivity index (χ0n) is 14.2. The van der Waals surface area contributed by atoms with Gasteiger partial charge in [-0.25, -0.2) is 9.59 Å². The summed E-state index contributed by atoms with van der Waals surface area (Å²) in [5.74, 6) is -0.114. The summed E-state index contributed by atoms with van der Waals surface area (Å²) in [7, 11) is 0. The summed E-state index contributed by atoms with van der Waals surface area (Å²) in [5, 5.41) is 18.1. The number of amides is 2. The lowest BCUT2D eigenvalue weighted by Gasteiger charge is -2.26. The van der Waals surface area contributed by atoms with Gasteiger partial charge in [0.2, 0.25) is 5.82 Å². The fourth-order valence-corrected chi connectivity index (χ4v) is 2.79. The normalized spacial score (nSPS) is 16.9. The molecule has 2 aromatic rings. The van der Waals surface area contributed by atoms with Gasteiger partial charge in [-0.3, -0.25) is 0 Å². The molecule has 1 aliphatic heterocycles. The van der Waals surface area contributed by atoms with Crippen LogP contribution in [0.3, 0.4) is 0 Å². The molecule has 9 nitrogen and oxygen atoms in total. The lowest BCUT2D eigenvalue weighted by Crippen LogP contribution is -2.50. The Hall–Kier alpha value is -2.94. The largest absolute Gasteiger partial charge is 0.463 e. The van der Waals surface area contributed by atoms with E-state index in [1.165, 1.54) is 4.80 Å². The fraction of sp³-hybridized carbons (Fsp3) is 0.312. The molecule has 0 radical (unpaired) electrons. The van der Waals surface area contributed by atoms with Crippen LogP contribution in [0.15, 0.2) is 35.5 Å². The van der Waals surface area contributed by atoms with Crippen LogP contribution in [0.25, 0.3) is 11.4 Å². The van der Waals surface area contributed by atoms with Crippen molar-refractivity contribution in [1.29, 1.82) is 0 Å². The summed E-state index contributed by atoms with van der Waals surface area (Å²) < 4.78 is 5.07. The third kappa shape index (κ3) is 3.83. The van der Waals surface area contributed by atoms with Crippen LogP contribution in [0.4, 0.5) is 4.79 Å². The Bertz CT molecular complexity index is 878. The van der Waals surface area contributed by atoms with Crippen LogP contribution >= 0.6 is 11.6 Å². The van der Waals surface area contributed by atoms with Gasteiger partial charge < -0.3 is 15.4 Å². The van der Waals surface area contributed by atoms with E-state index >= 15 is 0 Å². The first-order chi connectivity index (χ1) is 12.5. The number of nitrogens with one attached hydrogen (secondary N) is 2. The van der Waals surface area contributed by atoms with Crippen molar-refractivity contribution in [2.45, 2.75) is 26.4 Å². The number of rotatable bonds is 5. The molecular weight excluding hydrogens is 360 g/mol. The number of urea groups is 1. The van der Waals surface area contributed by atoms with Crippen LogP contribution in [0.2, 0.25) is 5.02 Å². The number of hydrogen-bond acceptors (Lipinski definition) is 6. The van der Waals surface area contributed by atoms with Gasteiger partial charge in [0.1, 0.15) is 6.54 Å². The third-order valence-corrected chi connectivity index (χ3v) is 3.94. The highest BCUT2D eigenvalue weighted by molar-refractivity contribution is 6.30. The Labute approximate surface area is 154 Å². The number of carbonyl (C=O) groups excluding carboxylic acids is 2. The summed E-state index contributed by atoms with van der Waals surface area (Å²) in [4.78, 5) is 25.3. The zero-order chi connectivity index (χ0) is 18.7. The van der Waals surface area contributed by atoms with Gasteiger partial charge in [0.05, 0.1) is 23.9 Å². The van der Waals surface area contributed by atoms with Gasteiger partial charge in [0.25, 0.3) is 0 Å². The maximum absolute atomic E-state index is 12.2. The molecule has 26 heavy (non-hydrogen) atoms. The molecule has 0 saturated heterocycles. The number of nitrogens with zero attached hydrogens (tertiary/aromatic N) is 4. The van der Waals surface area contributed by atoms with Gasteiger partial charge in [-0.1, -0.05) is 23.7 Å². The van der Waals surface area contributed by atoms with E-state index in [0.717, 1.165) is 0 Å². The topological polar surface area (TPSA) is 111 Å². The molecule has 2 N–H and O–H groups in total. The van der Waals surface area contributed by atoms with Crippen molar-refractivity contribution in [1.82, 2.24) is 30.8 Å². The first kappa shape index (κ1) is 17.9. The second-order valence-electron chi connectivity index (χ2n) is 5.59. The lowest BCUT2D eigenvalue weighted by atomic mass is 10.0. The molecule has 1 aliphatic rings. The SMILES string of the molecule is CCOC(=O)C1=C(Cn2nnc(-c3cccc(Cl)c3)n2)NC(=O)N[C@H]1C. The van der Waals surface area contributed by atoms with E-state index in [-0.39, 0.29) is 13.2 Å². The molecule has 3 rings (SSSR count). The first-order valence-corrected chi connectivity index (χ1v) is 8.37. The van der Waals surface area contributed by atoms with Crippen molar-refractivity contribution in [3.63, 3.8) is 0 Å². The summed E-state index contributed by atoms with van der Waals surface area (Å²) in [5.41, 5.74) is 1.41. The number of benzene rings is 1. The predicted molar refractivity (Wildman–Crippen MR) is 93.1 cm³/mol. The number of allylic oxidation sites excluding steroid dienone is 1. The number of carbonyl (C=O) groups is 2. The van der Waals surface area contributed by atoms with E-state index in [9.17, 15) is 9.59 Å². The van der Waals surface area contributed by atoms with Crippen LogP contribution in [0, 0.1) is 0 Å². The van der Waals surface area contributed by atoms with Crippen molar-refractivity contribution >= 4 is 23.6 Å². The maximum atomic E-state index is 12.2. The highest BCUT2D eigenvalue weighted by Gasteiger charge is 2.30.